The van der Waals surface area contributed by atoms with Crippen LogP contribution in [0.2, 0.25) is 0 Å². The minimum Gasteiger partial charge on any atom is -0.467 e. The highest BCUT2D eigenvalue weighted by Gasteiger charge is 2.71. The average Bonchev–Trinajstić information content (AvgIpc) is 3.15. The van der Waals surface area contributed by atoms with Gasteiger partial charge in [0.05, 0.1) is 7.11 Å². The van der Waals surface area contributed by atoms with Crippen LogP contribution < -0.4 is 0 Å². The Hall–Kier alpha value is -0.830. The second kappa shape index (κ2) is 3.63. The molecule has 19 heavy (non-hydrogen) atoms. The van der Waals surface area contributed by atoms with Crippen LogP contribution in [-0.2, 0) is 14.3 Å². The fraction of sp³-hybridized carbons (Fsp3) is 0.812. The summed E-state index contributed by atoms with van der Waals surface area (Å²) < 4.78 is 10.3. The molecule has 3 fully saturated rings. The van der Waals surface area contributed by atoms with Crippen molar-refractivity contribution in [3.05, 3.63) is 12.2 Å². The average molecular weight is 264 g/mol. The third-order valence-electron chi connectivity index (χ3n) is 6.05. The Balaban J connectivity index is 1.76. The minimum atomic E-state index is -0.451. The van der Waals surface area contributed by atoms with E-state index in [9.17, 15) is 4.79 Å². The first-order valence-electron chi connectivity index (χ1n) is 7.24. The lowest BCUT2D eigenvalue weighted by Gasteiger charge is -2.30. The molecule has 4 unspecified atom stereocenters. The third-order valence-corrected chi connectivity index (χ3v) is 6.05. The summed E-state index contributed by atoms with van der Waals surface area (Å²) in [6, 6.07) is 0. The first-order chi connectivity index (χ1) is 8.78. The Morgan fingerprint density at radius 3 is 2.53 bits per heavy atom. The SMILES string of the molecule is COC(=O)C1OC1(C)/C=C/C12C(C)[C@@H]1CCC2(C)C. The molecule has 0 aromatic rings. The van der Waals surface area contributed by atoms with Crippen molar-refractivity contribution in [2.45, 2.75) is 52.2 Å². The quantitative estimate of drug-likeness (QED) is 0.447. The second-order valence-corrected chi connectivity index (χ2v) is 7.29. The number of esters is 1. The van der Waals surface area contributed by atoms with E-state index in [0.29, 0.717) is 10.8 Å². The van der Waals surface area contributed by atoms with Crippen molar-refractivity contribution in [2.75, 3.05) is 7.11 Å². The van der Waals surface area contributed by atoms with Gasteiger partial charge in [-0.25, -0.2) is 4.79 Å². The highest BCUT2D eigenvalue weighted by atomic mass is 16.6. The molecular weight excluding hydrogens is 240 g/mol. The summed E-state index contributed by atoms with van der Waals surface area (Å²) in [5, 5.41) is 0. The van der Waals surface area contributed by atoms with Crippen molar-refractivity contribution in [2.24, 2.45) is 22.7 Å². The number of carbonyl (C=O) groups is 1. The van der Waals surface area contributed by atoms with Gasteiger partial charge in [-0.05, 0) is 42.4 Å². The lowest BCUT2D eigenvalue weighted by atomic mass is 9.74. The van der Waals surface area contributed by atoms with Crippen molar-refractivity contribution in [1.82, 2.24) is 0 Å². The Morgan fingerprint density at radius 2 is 2.00 bits per heavy atom. The van der Waals surface area contributed by atoms with Crippen LogP contribution in [0.5, 0.6) is 0 Å². The van der Waals surface area contributed by atoms with E-state index in [-0.39, 0.29) is 5.97 Å². The van der Waals surface area contributed by atoms with Gasteiger partial charge in [-0.1, -0.05) is 32.9 Å². The van der Waals surface area contributed by atoms with Crippen molar-refractivity contribution in [1.29, 1.82) is 0 Å². The summed E-state index contributed by atoms with van der Waals surface area (Å²) in [4.78, 5) is 11.5. The lowest BCUT2D eigenvalue weighted by molar-refractivity contribution is -0.142. The molecular formula is C16H24O3. The largest absolute Gasteiger partial charge is 0.467 e. The number of ether oxygens (including phenoxy) is 2. The number of epoxide rings is 1. The maximum atomic E-state index is 11.5. The third kappa shape index (κ3) is 1.57. The van der Waals surface area contributed by atoms with Crippen molar-refractivity contribution >= 4 is 5.97 Å². The number of carbonyl (C=O) groups excluding carboxylic acids is 1. The Kier molecular flexibility index (Phi) is 2.52. The van der Waals surface area contributed by atoms with E-state index in [1.165, 1.54) is 20.0 Å². The van der Waals surface area contributed by atoms with Crippen LogP contribution >= 0.6 is 0 Å². The van der Waals surface area contributed by atoms with Crippen LogP contribution in [0, 0.1) is 22.7 Å². The zero-order valence-corrected chi connectivity index (χ0v) is 12.5. The Morgan fingerprint density at radius 1 is 1.32 bits per heavy atom. The number of fused-ring (bicyclic) bond motifs is 1. The summed E-state index contributed by atoms with van der Waals surface area (Å²) in [7, 11) is 1.41. The van der Waals surface area contributed by atoms with E-state index in [1.54, 1.807) is 0 Å². The number of methoxy groups -OCH3 is 1. The molecule has 3 aliphatic rings. The molecule has 1 aliphatic heterocycles. The van der Waals surface area contributed by atoms with Crippen LogP contribution in [0.15, 0.2) is 12.2 Å². The predicted octanol–water partition coefficient (Wildman–Crippen LogP) is 2.95. The van der Waals surface area contributed by atoms with Crippen LogP contribution in [0.1, 0.15) is 40.5 Å². The molecule has 1 saturated heterocycles. The highest BCUT2D eigenvalue weighted by molar-refractivity contribution is 5.79. The van der Waals surface area contributed by atoms with Crippen LogP contribution in [0.25, 0.3) is 0 Å². The standard InChI is InChI=1S/C16H24O3/c1-10-11-6-7-14(2,3)16(10,11)9-8-15(4)12(19-15)13(17)18-5/h8-12H,6-7H2,1-5H3/b9-8+/t10?,11-,12?,15?,16?/m0/s1. The summed E-state index contributed by atoms with van der Waals surface area (Å²) in [6.45, 7) is 9.05. The van der Waals surface area contributed by atoms with Crippen LogP contribution in [0.3, 0.4) is 0 Å². The van der Waals surface area contributed by atoms with Gasteiger partial charge < -0.3 is 9.47 Å². The zero-order valence-electron chi connectivity index (χ0n) is 12.5. The first kappa shape index (κ1) is 13.2. The molecule has 0 aromatic heterocycles. The summed E-state index contributed by atoms with van der Waals surface area (Å²) in [5.74, 6) is 1.31. The fourth-order valence-corrected chi connectivity index (χ4v) is 4.56. The first-order valence-corrected chi connectivity index (χ1v) is 7.24. The number of rotatable bonds is 3. The van der Waals surface area contributed by atoms with Crippen LogP contribution in [0.4, 0.5) is 0 Å². The van der Waals surface area contributed by atoms with Gasteiger partial charge in [0.15, 0.2) is 6.10 Å². The van der Waals surface area contributed by atoms with E-state index in [4.69, 9.17) is 9.47 Å². The molecule has 3 heteroatoms. The molecule has 2 saturated carbocycles. The van der Waals surface area contributed by atoms with Gasteiger partial charge in [0.25, 0.3) is 0 Å². The normalized spacial score (nSPS) is 50.1. The molecule has 5 atom stereocenters. The maximum Gasteiger partial charge on any atom is 0.338 e. The summed E-state index contributed by atoms with van der Waals surface area (Å²) in [5.41, 5.74) is 0.232. The second-order valence-electron chi connectivity index (χ2n) is 7.29. The van der Waals surface area contributed by atoms with Crippen molar-refractivity contribution in [3.63, 3.8) is 0 Å². The van der Waals surface area contributed by atoms with Gasteiger partial charge in [0.1, 0.15) is 5.60 Å². The lowest BCUT2D eigenvalue weighted by Crippen LogP contribution is -2.24. The van der Waals surface area contributed by atoms with E-state index in [0.717, 1.165) is 11.8 Å². The molecule has 0 amide bonds. The fourth-order valence-electron chi connectivity index (χ4n) is 4.56. The molecule has 0 aromatic carbocycles. The van der Waals surface area contributed by atoms with Crippen molar-refractivity contribution < 1.29 is 14.3 Å². The Labute approximate surface area is 115 Å². The molecule has 106 valence electrons. The molecule has 0 spiro atoms. The van der Waals surface area contributed by atoms with Gasteiger partial charge >= 0.3 is 5.97 Å². The van der Waals surface area contributed by atoms with E-state index >= 15 is 0 Å². The molecule has 0 radical (unpaired) electrons. The molecule has 0 N–H and O–H groups in total. The van der Waals surface area contributed by atoms with Gasteiger partial charge in [-0.15, -0.1) is 0 Å². The molecule has 0 bridgehead atoms. The molecule has 3 nitrogen and oxygen atoms in total. The van der Waals surface area contributed by atoms with E-state index in [1.807, 2.05) is 6.92 Å². The number of allylic oxidation sites excluding steroid dienone is 1. The van der Waals surface area contributed by atoms with Crippen molar-refractivity contribution in [3.8, 4) is 0 Å². The monoisotopic (exact) mass is 264 g/mol. The topological polar surface area (TPSA) is 38.8 Å². The Bertz CT molecular complexity index is 453. The number of hydrogen-bond acceptors (Lipinski definition) is 3. The minimum absolute atomic E-state index is 0.268. The molecule has 3 rings (SSSR count). The predicted molar refractivity (Wildman–Crippen MR) is 72.5 cm³/mol. The van der Waals surface area contributed by atoms with Gasteiger partial charge in [-0.3, -0.25) is 0 Å². The van der Waals surface area contributed by atoms with Gasteiger partial charge in [-0.2, -0.15) is 0 Å². The van der Waals surface area contributed by atoms with E-state index in [2.05, 4.69) is 32.9 Å². The maximum absolute atomic E-state index is 11.5. The number of hydrogen-bond donors (Lipinski definition) is 0. The smallest absolute Gasteiger partial charge is 0.338 e. The summed E-state index contributed by atoms with van der Waals surface area (Å²) >= 11 is 0. The summed E-state index contributed by atoms with van der Waals surface area (Å²) in [6.07, 6.45) is 6.67. The van der Waals surface area contributed by atoms with Gasteiger partial charge in [0, 0.05) is 0 Å². The molecule has 2 aliphatic carbocycles. The molecule has 1 heterocycles. The highest BCUT2D eigenvalue weighted by Crippen LogP contribution is 2.76. The zero-order chi connectivity index (χ0) is 14.1. The van der Waals surface area contributed by atoms with Crippen LogP contribution in [-0.4, -0.2) is 24.8 Å². The van der Waals surface area contributed by atoms with E-state index < -0.39 is 11.7 Å². The van der Waals surface area contributed by atoms with Gasteiger partial charge in [0.2, 0.25) is 0 Å².